The first-order valence-corrected chi connectivity index (χ1v) is 17.2. The van der Waals surface area contributed by atoms with E-state index in [1.807, 2.05) is 4.90 Å². The lowest BCUT2D eigenvalue weighted by Gasteiger charge is -2.44. The van der Waals surface area contributed by atoms with Crippen LogP contribution in [0.4, 0.5) is 37.3 Å². The first-order chi connectivity index (χ1) is 22.8. The quantitative estimate of drug-likeness (QED) is 0.221. The van der Waals surface area contributed by atoms with Gasteiger partial charge in [0.2, 0.25) is 0 Å². The second-order valence-corrected chi connectivity index (χ2v) is 14.9. The third kappa shape index (κ3) is 5.06. The molecule has 4 aliphatic heterocycles. The Bertz CT molecular complexity index is 1910. The van der Waals surface area contributed by atoms with Crippen molar-refractivity contribution in [3.05, 3.63) is 35.4 Å². The molecule has 4 aliphatic rings. The number of aromatic nitrogens is 3. The number of piperazine rings is 1. The van der Waals surface area contributed by atoms with Crippen LogP contribution in [0.15, 0.2) is 18.2 Å². The molecule has 4 unspecified atom stereocenters. The van der Waals surface area contributed by atoms with Crippen LogP contribution in [0.1, 0.15) is 51.5 Å². The zero-order chi connectivity index (χ0) is 33.7. The van der Waals surface area contributed by atoms with E-state index < -0.39 is 40.6 Å². The van der Waals surface area contributed by atoms with E-state index in [1.165, 1.54) is 0 Å². The number of benzene rings is 2. The van der Waals surface area contributed by atoms with Crippen molar-refractivity contribution in [2.45, 2.75) is 82.0 Å². The largest absolute Gasteiger partial charge is 0.461 e. The van der Waals surface area contributed by atoms with Crippen molar-refractivity contribution < 1.29 is 31.1 Å². The highest BCUT2D eigenvalue weighted by molar-refractivity contribution is 7.22. The molecule has 0 aliphatic carbocycles. The number of hydrogen-bond donors (Lipinski definition) is 1. The van der Waals surface area contributed by atoms with Gasteiger partial charge < -0.3 is 15.4 Å². The maximum absolute atomic E-state index is 17.0. The van der Waals surface area contributed by atoms with Gasteiger partial charge in [-0.05, 0) is 64.3 Å². The van der Waals surface area contributed by atoms with Crippen LogP contribution in [0, 0.1) is 11.6 Å². The number of ether oxygens (including phenoxy) is 1. The predicted octanol–water partition coefficient (Wildman–Crippen LogP) is 6.80. The summed E-state index contributed by atoms with van der Waals surface area (Å²) in [5, 5.41) is -0.167. The molecule has 2 aromatic carbocycles. The first kappa shape index (κ1) is 31.8. The molecule has 4 saturated heterocycles. The minimum Gasteiger partial charge on any atom is -0.461 e. The van der Waals surface area contributed by atoms with Crippen LogP contribution in [0.5, 0.6) is 6.01 Å². The molecule has 4 fully saturated rings. The van der Waals surface area contributed by atoms with Gasteiger partial charge in [0.05, 0.1) is 21.3 Å². The molecule has 0 amide bonds. The van der Waals surface area contributed by atoms with E-state index >= 15 is 4.39 Å². The number of fused-ring (bicyclic) bond motifs is 5. The number of anilines is 2. The maximum Gasteiger partial charge on any atom is 0.417 e. The summed E-state index contributed by atoms with van der Waals surface area (Å²) in [7, 11) is 0. The molecule has 4 atom stereocenters. The summed E-state index contributed by atoms with van der Waals surface area (Å²) < 4.78 is 97.0. The molecular weight excluding hydrogens is 656 g/mol. The van der Waals surface area contributed by atoms with Gasteiger partial charge in [0, 0.05) is 60.7 Å². The molecular formula is C33H35F6N7OS. The minimum atomic E-state index is -5.00. The summed E-state index contributed by atoms with van der Waals surface area (Å²) in [5.41, 5.74) is 2.44. The fraction of sp³-hybridized carbons (Fsp3) is 0.545. The monoisotopic (exact) mass is 691 g/mol. The predicted molar refractivity (Wildman–Crippen MR) is 172 cm³/mol. The highest BCUT2D eigenvalue weighted by atomic mass is 32.1. The molecule has 0 saturated carbocycles. The lowest BCUT2D eigenvalue weighted by atomic mass is 9.94. The van der Waals surface area contributed by atoms with Crippen molar-refractivity contribution >= 4 is 43.4 Å². The van der Waals surface area contributed by atoms with Crippen LogP contribution in [0.3, 0.4) is 0 Å². The van der Waals surface area contributed by atoms with Crippen LogP contribution in [0.2, 0.25) is 0 Å². The number of nitrogen functional groups attached to an aromatic ring is 1. The van der Waals surface area contributed by atoms with Gasteiger partial charge in [-0.15, -0.1) is 0 Å². The smallest absolute Gasteiger partial charge is 0.417 e. The van der Waals surface area contributed by atoms with Gasteiger partial charge in [-0.3, -0.25) is 9.80 Å². The van der Waals surface area contributed by atoms with E-state index in [4.69, 9.17) is 10.5 Å². The van der Waals surface area contributed by atoms with Gasteiger partial charge in [-0.25, -0.2) is 18.2 Å². The van der Waals surface area contributed by atoms with E-state index in [-0.39, 0.29) is 68.4 Å². The fourth-order valence-electron chi connectivity index (χ4n) is 8.78. The maximum atomic E-state index is 17.0. The third-order valence-corrected chi connectivity index (χ3v) is 11.5. The molecule has 48 heavy (non-hydrogen) atoms. The van der Waals surface area contributed by atoms with Crippen molar-refractivity contribution in [2.24, 2.45) is 0 Å². The zero-order valence-corrected chi connectivity index (χ0v) is 27.3. The normalized spacial score (nSPS) is 26.4. The summed E-state index contributed by atoms with van der Waals surface area (Å²) >= 11 is 0.769. The third-order valence-electron chi connectivity index (χ3n) is 10.6. The Morgan fingerprint density at radius 2 is 1.81 bits per heavy atom. The lowest BCUT2D eigenvalue weighted by molar-refractivity contribution is -0.137. The average Bonchev–Trinajstić information content (AvgIpc) is 3.75. The van der Waals surface area contributed by atoms with Crippen LogP contribution >= 0.6 is 11.3 Å². The number of hydrogen-bond acceptors (Lipinski definition) is 9. The second-order valence-electron chi connectivity index (χ2n) is 13.9. The Balaban J connectivity index is 1.31. The average molecular weight is 692 g/mol. The second kappa shape index (κ2) is 11.3. The summed E-state index contributed by atoms with van der Waals surface area (Å²) in [6.45, 7) is 6.34. The van der Waals surface area contributed by atoms with Gasteiger partial charge >= 0.3 is 12.2 Å². The molecule has 2 bridgehead atoms. The van der Waals surface area contributed by atoms with Gasteiger partial charge in [-0.1, -0.05) is 11.3 Å². The van der Waals surface area contributed by atoms with Crippen molar-refractivity contribution in [1.29, 1.82) is 0 Å². The molecule has 4 aromatic rings. The van der Waals surface area contributed by atoms with E-state index in [2.05, 4.69) is 38.6 Å². The molecule has 15 heteroatoms. The summed E-state index contributed by atoms with van der Waals surface area (Å²) in [5.74, 6) is -1.82. The lowest BCUT2D eigenvalue weighted by Crippen LogP contribution is -2.56. The summed E-state index contributed by atoms with van der Waals surface area (Å²) in [6, 6.07) is 3.35. The van der Waals surface area contributed by atoms with Crippen molar-refractivity contribution in [3.8, 4) is 17.1 Å². The number of nitrogens with zero attached hydrogens (tertiary/aromatic N) is 6. The zero-order valence-electron chi connectivity index (χ0n) is 26.5. The van der Waals surface area contributed by atoms with Crippen molar-refractivity contribution in [3.63, 3.8) is 0 Å². The minimum absolute atomic E-state index is 0.0654. The Kier molecular flexibility index (Phi) is 7.49. The highest BCUT2D eigenvalue weighted by Crippen LogP contribution is 2.47. The van der Waals surface area contributed by atoms with Crippen LogP contribution in [-0.2, 0) is 6.18 Å². The number of halogens is 6. The Morgan fingerprint density at radius 1 is 1.06 bits per heavy atom. The topological polar surface area (TPSA) is 83.6 Å². The molecule has 0 radical (unpaired) electrons. The van der Waals surface area contributed by atoms with E-state index in [0.717, 1.165) is 61.8 Å². The Morgan fingerprint density at radius 3 is 2.52 bits per heavy atom. The van der Waals surface area contributed by atoms with Crippen LogP contribution < -0.4 is 15.4 Å². The summed E-state index contributed by atoms with van der Waals surface area (Å²) in [4.78, 5) is 19.5. The van der Waals surface area contributed by atoms with Gasteiger partial charge in [0.1, 0.15) is 29.9 Å². The molecule has 2 aromatic heterocycles. The summed E-state index contributed by atoms with van der Waals surface area (Å²) in [6.07, 6.45) is -2.24. The number of thiazole rings is 1. The van der Waals surface area contributed by atoms with Crippen LogP contribution in [0.25, 0.3) is 32.2 Å². The molecule has 256 valence electrons. The van der Waals surface area contributed by atoms with Gasteiger partial charge in [-0.2, -0.15) is 23.1 Å². The highest BCUT2D eigenvalue weighted by Gasteiger charge is 2.50. The SMILES string of the molecule is CC(C)N1C2CCC1CN(c1nc(OCC34CCCN3CC(F)C4)nc3c(F)c(-c4ccc(F)c5sc(N)nc45)c(C(F)(F)F)cc13)C2. The van der Waals surface area contributed by atoms with Crippen LogP contribution in [-0.4, -0.2) is 87.4 Å². The molecule has 8 rings (SSSR count). The fourth-order valence-corrected chi connectivity index (χ4v) is 9.54. The van der Waals surface area contributed by atoms with Gasteiger partial charge in [0.15, 0.2) is 10.9 Å². The standard InChI is InChI=1S/C33H35F6N7OS/c1-16(2)46-18-4-5-19(46)14-44(13-18)29-21-10-22(33(37,38)39)24(20-6-7-23(35)28-27(20)41-30(40)48-28)25(36)26(21)42-31(43-29)47-15-32-8-3-9-45(32)12-17(34)11-32/h6-7,10,16-19H,3-5,8-9,11-15H2,1-2H3,(H2,40,41). The number of rotatable bonds is 6. The molecule has 0 spiro atoms. The molecule has 8 nitrogen and oxygen atoms in total. The van der Waals surface area contributed by atoms with Crippen molar-refractivity contribution in [2.75, 3.05) is 43.4 Å². The Hall–Kier alpha value is -3.43. The van der Waals surface area contributed by atoms with E-state index in [9.17, 15) is 22.0 Å². The Labute approximate surface area is 276 Å². The van der Waals surface area contributed by atoms with Crippen molar-refractivity contribution in [1.82, 2.24) is 24.8 Å². The van der Waals surface area contributed by atoms with Gasteiger partial charge in [0.25, 0.3) is 0 Å². The van der Waals surface area contributed by atoms with E-state index in [0.29, 0.717) is 26.1 Å². The molecule has 6 heterocycles. The molecule has 2 N–H and O–H groups in total. The number of alkyl halides is 4. The van der Waals surface area contributed by atoms with E-state index in [1.54, 1.807) is 0 Å². The first-order valence-electron chi connectivity index (χ1n) is 16.3. The number of nitrogens with two attached hydrogens (primary N) is 1.